The highest BCUT2D eigenvalue weighted by Gasteiger charge is 2.54. The van der Waals surface area contributed by atoms with Crippen molar-refractivity contribution in [2.45, 2.75) is 134 Å². The number of unbranched alkanes of at least 4 members (excludes halogenated alkanes) is 12. The zero-order chi connectivity index (χ0) is 40.1. The van der Waals surface area contributed by atoms with Crippen LogP contribution in [0.5, 0.6) is 5.75 Å². The monoisotopic (exact) mass is 1020 g/mol. The number of halogens is 4. The van der Waals surface area contributed by atoms with Crippen LogP contribution in [0.25, 0.3) is 0 Å². The second kappa shape index (κ2) is 26.2. The minimum absolute atomic E-state index is 0.0454. The number of aliphatic hydroxyl groups is 2. The fourth-order valence-electron chi connectivity index (χ4n) is 6.09. The smallest absolute Gasteiger partial charge is 0.311 e. The number of aliphatic hydroxyl groups excluding tert-OH is 2. The number of methoxy groups -OCH3 is 1. The van der Waals surface area contributed by atoms with Gasteiger partial charge < -0.3 is 39.9 Å². The number of benzene rings is 1. The number of hydrogen-bond donors (Lipinski definition) is 4. The quantitative estimate of drug-likeness (QED) is 0.0530. The maximum Gasteiger partial charge on any atom is 0.311 e. The third-order valence-electron chi connectivity index (χ3n) is 9.30. The fraction of sp³-hybridized carbons (Fsp3) is 0.625. The molecule has 1 unspecified atom stereocenters. The Morgan fingerprint density at radius 3 is 2.20 bits per heavy atom. The van der Waals surface area contributed by atoms with Crippen LogP contribution in [0.2, 0.25) is 0 Å². The highest BCUT2D eigenvalue weighted by atomic mass is 79.9. The van der Waals surface area contributed by atoms with Gasteiger partial charge in [-0.15, -0.1) is 0 Å². The highest BCUT2D eigenvalue weighted by molar-refractivity contribution is 9.12. The Morgan fingerprint density at radius 2 is 1.56 bits per heavy atom. The fourth-order valence-corrected chi connectivity index (χ4v) is 9.07. The predicted molar refractivity (Wildman–Crippen MR) is 230 cm³/mol. The molecule has 2 amide bonds. The van der Waals surface area contributed by atoms with Gasteiger partial charge in [-0.25, -0.2) is 0 Å². The average molecular weight is 1030 g/mol. The van der Waals surface area contributed by atoms with Crippen LogP contribution in [-0.2, 0) is 23.9 Å². The van der Waals surface area contributed by atoms with Gasteiger partial charge in [0.2, 0.25) is 5.91 Å². The van der Waals surface area contributed by atoms with E-state index in [0.717, 1.165) is 19.3 Å². The number of carbonyl (C=O) groups is 2. The molecule has 2 heterocycles. The van der Waals surface area contributed by atoms with E-state index >= 15 is 0 Å². The van der Waals surface area contributed by atoms with Crippen molar-refractivity contribution >= 4 is 81.2 Å². The summed E-state index contributed by atoms with van der Waals surface area (Å²) < 4.78 is 19.3. The normalized spacial score (nSPS) is 18.7. The Kier molecular flexibility index (Phi) is 22.6. The van der Waals surface area contributed by atoms with Gasteiger partial charge in [0.15, 0.2) is 11.8 Å². The molecule has 0 saturated carbocycles. The van der Waals surface area contributed by atoms with Crippen LogP contribution in [0.15, 0.2) is 59.4 Å². The number of nitrogens with zero attached hydrogens (tertiary/aromatic N) is 1. The van der Waals surface area contributed by atoms with E-state index in [-0.39, 0.29) is 37.7 Å². The van der Waals surface area contributed by atoms with E-state index in [1.54, 1.807) is 12.1 Å². The van der Waals surface area contributed by atoms with Crippen molar-refractivity contribution < 1.29 is 38.9 Å². The Morgan fingerprint density at radius 1 is 0.945 bits per heavy atom. The van der Waals surface area contributed by atoms with Crippen LogP contribution < -0.4 is 15.4 Å². The van der Waals surface area contributed by atoms with Crippen molar-refractivity contribution in [1.29, 1.82) is 0 Å². The van der Waals surface area contributed by atoms with Crippen LogP contribution in [0.1, 0.15) is 128 Å². The van der Waals surface area contributed by atoms with Crippen LogP contribution in [-0.4, -0.2) is 66.4 Å². The van der Waals surface area contributed by atoms with Crippen molar-refractivity contribution in [3.8, 4) is 5.75 Å². The van der Waals surface area contributed by atoms with Gasteiger partial charge >= 0.3 is 5.79 Å². The number of oxime groups is 1. The molecule has 0 aliphatic carbocycles. The van der Waals surface area contributed by atoms with E-state index in [2.05, 4.69) is 98.6 Å². The van der Waals surface area contributed by atoms with E-state index in [0.29, 0.717) is 47.8 Å². The standard InChI is InChI=1S/C40H57Br4N3O8/c1-3-4-5-6-7-8-9-10-11-12-13-14-15-16-17-18-20-34(49)46-26-33(48)28-23-29(41)37(30(42)24-28)53-22-19-21-45-39(51)35-38(50)40(55-47-35)25-31(43)36(52-2)32(44)27-54-40/h7-8,23-24,27,33,38,48,50H,3-6,9-22,25-26H2,1-2H3,(H,45,51)(H,46,49)/b8-7-/t33?,38-,40-/m0/s1. The van der Waals surface area contributed by atoms with Crippen molar-refractivity contribution in [3.05, 3.63) is 59.8 Å². The molecule has 3 atom stereocenters. The summed E-state index contributed by atoms with van der Waals surface area (Å²) >= 11 is 13.8. The number of amides is 2. The first-order valence-corrected chi connectivity index (χ1v) is 22.6. The van der Waals surface area contributed by atoms with Crippen molar-refractivity contribution in [2.75, 3.05) is 26.8 Å². The van der Waals surface area contributed by atoms with Gasteiger partial charge in [0.05, 0.1) is 39.7 Å². The molecule has 0 radical (unpaired) electrons. The maximum atomic E-state index is 12.8. The third-order valence-corrected chi connectivity index (χ3v) is 11.7. The van der Waals surface area contributed by atoms with E-state index in [1.165, 1.54) is 84.0 Å². The second-order valence-electron chi connectivity index (χ2n) is 13.8. The summed E-state index contributed by atoms with van der Waals surface area (Å²) in [6, 6.07) is 3.51. The van der Waals surface area contributed by atoms with Crippen molar-refractivity contribution in [1.82, 2.24) is 10.6 Å². The molecule has 55 heavy (non-hydrogen) atoms. The summed E-state index contributed by atoms with van der Waals surface area (Å²) in [7, 11) is 1.50. The molecule has 0 aromatic heterocycles. The molecule has 15 heteroatoms. The largest absolute Gasteiger partial charge is 0.495 e. The minimum atomic E-state index is -1.62. The van der Waals surface area contributed by atoms with Gasteiger partial charge in [-0.1, -0.05) is 97.9 Å². The summed E-state index contributed by atoms with van der Waals surface area (Å²) in [5.41, 5.74) is 0.413. The maximum absolute atomic E-state index is 12.8. The zero-order valence-corrected chi connectivity index (χ0v) is 38.3. The van der Waals surface area contributed by atoms with Crippen LogP contribution in [0.3, 0.4) is 0 Å². The molecule has 3 rings (SSSR count). The number of allylic oxidation sites excluding steroid dienone is 3. The van der Waals surface area contributed by atoms with Crippen molar-refractivity contribution in [3.63, 3.8) is 0 Å². The topological polar surface area (TPSA) is 148 Å². The van der Waals surface area contributed by atoms with Crippen LogP contribution >= 0.6 is 63.7 Å². The molecule has 1 spiro atoms. The molecule has 2 aliphatic heterocycles. The van der Waals surface area contributed by atoms with Crippen molar-refractivity contribution in [2.24, 2.45) is 5.16 Å². The first-order chi connectivity index (χ1) is 26.5. The molecule has 1 aromatic rings. The lowest BCUT2D eigenvalue weighted by Crippen LogP contribution is -2.49. The van der Waals surface area contributed by atoms with E-state index in [1.807, 2.05) is 0 Å². The van der Waals surface area contributed by atoms with E-state index < -0.39 is 23.9 Å². The lowest BCUT2D eigenvalue weighted by Gasteiger charge is -2.27. The van der Waals surface area contributed by atoms with E-state index in [9.17, 15) is 19.8 Å². The number of carbonyl (C=O) groups excluding carboxylic acids is 2. The Bertz CT molecular complexity index is 1480. The molecule has 0 bridgehead atoms. The first-order valence-electron chi connectivity index (χ1n) is 19.4. The lowest BCUT2D eigenvalue weighted by molar-refractivity contribution is -0.225. The number of nitrogens with one attached hydrogen (secondary N) is 2. The Balaban J connectivity index is 1.26. The second-order valence-corrected chi connectivity index (χ2v) is 17.3. The Labute approximate surface area is 360 Å². The predicted octanol–water partition coefficient (Wildman–Crippen LogP) is 10.0. The molecule has 2 aliphatic rings. The third kappa shape index (κ3) is 16.1. The number of rotatable bonds is 26. The van der Waals surface area contributed by atoms with Crippen LogP contribution in [0, 0.1) is 0 Å². The summed E-state index contributed by atoms with van der Waals surface area (Å²) in [6.45, 7) is 2.86. The molecule has 0 saturated heterocycles. The van der Waals surface area contributed by atoms with Gasteiger partial charge in [-0.3, -0.25) is 9.59 Å². The molecule has 4 N–H and O–H groups in total. The first kappa shape index (κ1) is 47.5. The zero-order valence-electron chi connectivity index (χ0n) is 32.0. The van der Waals surface area contributed by atoms with Gasteiger partial charge in [0.25, 0.3) is 5.91 Å². The summed E-state index contributed by atoms with van der Waals surface area (Å²) in [4.78, 5) is 30.7. The Hall–Kier alpha value is -1.91. The SMILES string of the molecule is CCCCC/C=C\CCCCCCCCCCCC(=O)NCC(O)c1cc(Br)c(OCCCNC(=O)C2=NO[C@@]3(CC(Br)=C(OC)C(Br)=CO3)[C@H]2O)c(Br)c1. The highest BCUT2D eigenvalue weighted by Crippen LogP contribution is 2.41. The molecule has 0 fully saturated rings. The van der Waals surface area contributed by atoms with Crippen LogP contribution in [0.4, 0.5) is 0 Å². The van der Waals surface area contributed by atoms with Gasteiger partial charge in [-0.05, 0) is 104 Å². The molecule has 1 aromatic carbocycles. The summed E-state index contributed by atoms with van der Waals surface area (Å²) in [6.07, 6.45) is 21.7. The molecular weight excluding hydrogens is 970 g/mol. The molecule has 11 nitrogen and oxygen atoms in total. The average Bonchev–Trinajstić information content (AvgIpc) is 3.41. The van der Waals surface area contributed by atoms with Gasteiger partial charge in [-0.2, -0.15) is 0 Å². The minimum Gasteiger partial charge on any atom is -0.495 e. The molecule has 308 valence electrons. The summed E-state index contributed by atoms with van der Waals surface area (Å²) in [5.74, 6) is -1.27. The lowest BCUT2D eigenvalue weighted by atomic mass is 10.0. The van der Waals surface area contributed by atoms with Gasteiger partial charge in [0, 0.05) is 24.0 Å². The summed E-state index contributed by atoms with van der Waals surface area (Å²) in [5, 5.41) is 31.1. The van der Waals surface area contributed by atoms with Gasteiger partial charge in [0.1, 0.15) is 17.8 Å². The number of ether oxygens (including phenoxy) is 3. The molecular formula is C40H57Br4N3O8. The number of hydrogen-bond acceptors (Lipinski definition) is 9. The van der Waals surface area contributed by atoms with E-state index in [4.69, 9.17) is 19.0 Å².